The predicted octanol–water partition coefficient (Wildman–Crippen LogP) is 5.31. The molecular weight excluding hydrogens is 354 g/mol. The Bertz CT molecular complexity index is 989. The number of nitrogens with zero attached hydrogens (tertiary/aromatic N) is 2. The molecule has 0 unspecified atom stereocenters. The minimum absolute atomic E-state index is 0.0262. The van der Waals surface area contributed by atoms with E-state index in [1.807, 2.05) is 38.1 Å². The highest BCUT2D eigenvalue weighted by Crippen LogP contribution is 2.35. The molecule has 0 aliphatic heterocycles. The van der Waals surface area contributed by atoms with Gasteiger partial charge in [-0.25, -0.2) is 4.98 Å². The van der Waals surface area contributed by atoms with Gasteiger partial charge in [0.05, 0.1) is 5.39 Å². The van der Waals surface area contributed by atoms with Gasteiger partial charge < -0.3 is 5.32 Å². The number of hydrogen-bond donors (Lipinski definition) is 1. The summed E-state index contributed by atoms with van der Waals surface area (Å²) in [7, 11) is 0. The van der Waals surface area contributed by atoms with E-state index in [4.69, 9.17) is 16.6 Å². The molecule has 3 aromatic rings. The number of nitrogens with one attached hydrogen (secondary N) is 1. The molecule has 0 spiro atoms. The van der Waals surface area contributed by atoms with Crippen molar-refractivity contribution >= 4 is 44.8 Å². The SMILES string of the molecule is CC(C)n1c(Nc2ccc(Cl)cc2)nc2sc3c(c2c1=O)CCCC3. The van der Waals surface area contributed by atoms with Crippen molar-refractivity contribution in [3.8, 4) is 0 Å². The zero-order valence-corrected chi connectivity index (χ0v) is 15.9. The minimum Gasteiger partial charge on any atom is -0.325 e. The van der Waals surface area contributed by atoms with Gasteiger partial charge in [0.15, 0.2) is 0 Å². The van der Waals surface area contributed by atoms with Crippen molar-refractivity contribution in [1.82, 2.24) is 9.55 Å². The first-order valence-electron chi connectivity index (χ1n) is 8.64. The molecule has 0 amide bonds. The van der Waals surface area contributed by atoms with Gasteiger partial charge in [0.2, 0.25) is 5.95 Å². The van der Waals surface area contributed by atoms with Crippen LogP contribution in [0.4, 0.5) is 11.6 Å². The van der Waals surface area contributed by atoms with Crippen LogP contribution in [0.5, 0.6) is 0 Å². The lowest BCUT2D eigenvalue weighted by Crippen LogP contribution is -2.26. The van der Waals surface area contributed by atoms with Crippen LogP contribution in [0.15, 0.2) is 29.1 Å². The Kier molecular flexibility index (Phi) is 4.29. The van der Waals surface area contributed by atoms with E-state index < -0.39 is 0 Å². The van der Waals surface area contributed by atoms with Gasteiger partial charge in [-0.2, -0.15) is 0 Å². The second-order valence-corrected chi connectivity index (χ2v) is 8.25. The fraction of sp³-hybridized carbons (Fsp3) is 0.368. The van der Waals surface area contributed by atoms with E-state index in [0.717, 1.165) is 35.2 Å². The second-order valence-electron chi connectivity index (χ2n) is 6.73. The van der Waals surface area contributed by atoms with E-state index in [0.29, 0.717) is 11.0 Å². The third-order valence-corrected chi connectivity index (χ3v) is 6.08. The molecule has 0 saturated heterocycles. The monoisotopic (exact) mass is 373 g/mol. The summed E-state index contributed by atoms with van der Waals surface area (Å²) in [5.41, 5.74) is 2.17. The number of fused-ring (bicyclic) bond motifs is 3. The number of benzene rings is 1. The molecule has 0 atom stereocenters. The summed E-state index contributed by atoms with van der Waals surface area (Å²) >= 11 is 7.64. The number of aryl methyl sites for hydroxylation is 2. The van der Waals surface area contributed by atoms with Crippen molar-refractivity contribution in [3.63, 3.8) is 0 Å². The van der Waals surface area contributed by atoms with Gasteiger partial charge in [-0.3, -0.25) is 9.36 Å². The molecule has 6 heteroatoms. The van der Waals surface area contributed by atoms with Crippen LogP contribution in [0.1, 0.15) is 43.2 Å². The fourth-order valence-electron chi connectivity index (χ4n) is 3.45. The van der Waals surface area contributed by atoms with Gasteiger partial charge in [-0.1, -0.05) is 11.6 Å². The minimum atomic E-state index is 0.0262. The topological polar surface area (TPSA) is 46.9 Å². The molecule has 0 bridgehead atoms. The van der Waals surface area contributed by atoms with Crippen LogP contribution in [0, 0.1) is 0 Å². The Hall–Kier alpha value is -1.85. The van der Waals surface area contributed by atoms with Crippen molar-refractivity contribution in [2.45, 2.75) is 45.6 Å². The zero-order chi connectivity index (χ0) is 17.6. The van der Waals surface area contributed by atoms with E-state index in [1.54, 1.807) is 15.9 Å². The summed E-state index contributed by atoms with van der Waals surface area (Å²) in [5, 5.41) is 4.80. The summed E-state index contributed by atoms with van der Waals surface area (Å²) in [6.45, 7) is 4.03. The molecule has 4 nitrogen and oxygen atoms in total. The quantitative estimate of drug-likeness (QED) is 0.676. The number of thiophene rings is 1. The Labute approximate surface area is 155 Å². The van der Waals surface area contributed by atoms with E-state index in [-0.39, 0.29) is 11.6 Å². The van der Waals surface area contributed by atoms with Gasteiger partial charge in [0.1, 0.15) is 4.83 Å². The van der Waals surface area contributed by atoms with Crippen molar-refractivity contribution in [2.75, 3.05) is 5.32 Å². The summed E-state index contributed by atoms with van der Waals surface area (Å²) in [6.07, 6.45) is 4.42. The number of rotatable bonds is 3. The highest BCUT2D eigenvalue weighted by Gasteiger charge is 2.22. The first kappa shape index (κ1) is 16.6. The molecule has 1 aliphatic rings. The molecule has 1 aliphatic carbocycles. The first-order valence-corrected chi connectivity index (χ1v) is 9.83. The molecule has 2 aromatic heterocycles. The first-order chi connectivity index (χ1) is 12.0. The Morgan fingerprint density at radius 2 is 1.92 bits per heavy atom. The van der Waals surface area contributed by atoms with E-state index >= 15 is 0 Å². The lowest BCUT2D eigenvalue weighted by atomic mass is 9.97. The van der Waals surface area contributed by atoms with Gasteiger partial charge in [0, 0.05) is 21.6 Å². The number of hydrogen-bond acceptors (Lipinski definition) is 4. The van der Waals surface area contributed by atoms with Crippen molar-refractivity contribution < 1.29 is 0 Å². The molecule has 1 N–H and O–H groups in total. The zero-order valence-electron chi connectivity index (χ0n) is 14.3. The lowest BCUT2D eigenvalue weighted by Gasteiger charge is -2.17. The largest absolute Gasteiger partial charge is 0.325 e. The van der Waals surface area contributed by atoms with Crippen LogP contribution in [-0.4, -0.2) is 9.55 Å². The van der Waals surface area contributed by atoms with Crippen LogP contribution in [0.25, 0.3) is 10.2 Å². The standard InChI is InChI=1S/C19H20ClN3OS/c1-11(2)23-18(24)16-14-5-3-4-6-15(14)25-17(16)22-19(23)21-13-9-7-12(20)8-10-13/h7-11H,3-6H2,1-2H3,(H,21,22). The highest BCUT2D eigenvalue weighted by atomic mass is 35.5. The number of anilines is 2. The van der Waals surface area contributed by atoms with E-state index in [1.165, 1.54) is 16.9 Å². The molecule has 25 heavy (non-hydrogen) atoms. The third kappa shape index (κ3) is 2.96. The van der Waals surface area contributed by atoms with Crippen LogP contribution in [0.2, 0.25) is 5.02 Å². The molecule has 4 rings (SSSR count). The highest BCUT2D eigenvalue weighted by molar-refractivity contribution is 7.18. The Balaban J connectivity index is 1.89. The van der Waals surface area contributed by atoms with Gasteiger partial charge in [0.25, 0.3) is 5.56 Å². The smallest absolute Gasteiger partial charge is 0.264 e. The molecule has 0 radical (unpaired) electrons. The van der Waals surface area contributed by atoms with Crippen LogP contribution in [-0.2, 0) is 12.8 Å². The van der Waals surface area contributed by atoms with Crippen LogP contribution in [0.3, 0.4) is 0 Å². The summed E-state index contributed by atoms with van der Waals surface area (Å²) in [4.78, 5) is 20.2. The third-order valence-electron chi connectivity index (χ3n) is 4.64. The van der Waals surface area contributed by atoms with Crippen molar-refractivity contribution in [3.05, 3.63) is 50.1 Å². The van der Waals surface area contributed by atoms with Crippen LogP contribution < -0.4 is 10.9 Å². The van der Waals surface area contributed by atoms with E-state index in [2.05, 4.69) is 5.32 Å². The Morgan fingerprint density at radius 3 is 2.64 bits per heavy atom. The normalized spacial score (nSPS) is 14.1. The molecular formula is C19H20ClN3OS. The average molecular weight is 374 g/mol. The maximum atomic E-state index is 13.2. The Morgan fingerprint density at radius 1 is 1.20 bits per heavy atom. The summed E-state index contributed by atoms with van der Waals surface area (Å²) < 4.78 is 1.76. The van der Waals surface area contributed by atoms with Gasteiger partial charge in [-0.05, 0) is 69.4 Å². The maximum absolute atomic E-state index is 13.2. The fourth-order valence-corrected chi connectivity index (χ4v) is 4.82. The molecule has 2 heterocycles. The van der Waals surface area contributed by atoms with Crippen molar-refractivity contribution in [2.24, 2.45) is 0 Å². The lowest BCUT2D eigenvalue weighted by molar-refractivity contribution is 0.582. The van der Waals surface area contributed by atoms with Gasteiger partial charge >= 0.3 is 0 Å². The second kappa shape index (κ2) is 6.46. The van der Waals surface area contributed by atoms with Crippen molar-refractivity contribution in [1.29, 1.82) is 0 Å². The van der Waals surface area contributed by atoms with E-state index in [9.17, 15) is 4.79 Å². The van der Waals surface area contributed by atoms with Gasteiger partial charge in [-0.15, -0.1) is 11.3 Å². The summed E-state index contributed by atoms with van der Waals surface area (Å²) in [6, 6.07) is 7.46. The van der Waals surface area contributed by atoms with Crippen LogP contribution >= 0.6 is 22.9 Å². The predicted molar refractivity (Wildman–Crippen MR) is 106 cm³/mol. The summed E-state index contributed by atoms with van der Waals surface area (Å²) in [5.74, 6) is 0.591. The molecule has 130 valence electrons. The number of aromatic nitrogens is 2. The number of halogens is 1. The molecule has 0 fully saturated rings. The maximum Gasteiger partial charge on any atom is 0.264 e. The molecule has 0 saturated carbocycles. The average Bonchev–Trinajstić information content (AvgIpc) is 2.95. The molecule has 1 aromatic carbocycles.